The number of aryl methyl sites for hydroxylation is 2. The molecule has 0 unspecified atom stereocenters. The van der Waals surface area contributed by atoms with Crippen LogP contribution in [0.2, 0.25) is 0 Å². The van der Waals surface area contributed by atoms with Gasteiger partial charge in [-0.25, -0.2) is 0 Å². The Morgan fingerprint density at radius 3 is 1.05 bits per heavy atom. The zero-order valence-electron chi connectivity index (χ0n) is 23.5. The van der Waals surface area contributed by atoms with Crippen LogP contribution in [-0.4, -0.2) is 32.4 Å². The van der Waals surface area contributed by atoms with E-state index in [1.165, 1.54) is 12.1 Å². The molecule has 0 heterocycles. The summed E-state index contributed by atoms with van der Waals surface area (Å²) in [6.45, 7) is 5.78. The van der Waals surface area contributed by atoms with Gasteiger partial charge < -0.3 is 29.9 Å². The molecule has 0 aliphatic carbocycles. The summed E-state index contributed by atoms with van der Waals surface area (Å²) in [5.41, 5.74) is -0.255. The van der Waals surface area contributed by atoms with E-state index in [9.17, 15) is 39.6 Å². The Bertz CT molecular complexity index is 2570. The van der Waals surface area contributed by atoms with Gasteiger partial charge in [0.05, 0.1) is 21.5 Å². The van der Waals surface area contributed by atoms with Gasteiger partial charge in [-0.2, -0.15) is 0 Å². The van der Waals surface area contributed by atoms with Gasteiger partial charge in [0, 0.05) is 69.1 Å². The van der Waals surface area contributed by atoms with Crippen molar-refractivity contribution in [1.29, 1.82) is 0 Å². The van der Waals surface area contributed by atoms with Crippen LogP contribution in [0.3, 0.4) is 0 Å². The maximum Gasteiger partial charge on any atom is 0.308 e. The SMILES string of the molecule is CC(=O)Oc1cc(O)c2c(=O)c3c(O)cc(C)c4c5c(C)cc(O)c6c(=O)c7c(O)cc(OC(C)=O)c8c1c2c(c34)c(c65)c78. The van der Waals surface area contributed by atoms with E-state index in [0.717, 1.165) is 26.0 Å². The first kappa shape index (κ1) is 25.8. The minimum Gasteiger partial charge on any atom is -0.507 e. The molecular weight excluding hydrogens is 568 g/mol. The Morgan fingerprint density at radius 1 is 0.455 bits per heavy atom. The number of phenolic OH excluding ortho intramolecular Hbond substituents is 4. The number of carbonyl (C=O) groups is 2. The maximum atomic E-state index is 14.3. The second-order valence-corrected chi connectivity index (χ2v) is 11.3. The molecule has 8 aromatic rings. The fourth-order valence-electron chi connectivity index (χ4n) is 7.42. The lowest BCUT2D eigenvalue weighted by molar-refractivity contribution is -0.132. The first-order valence-electron chi connectivity index (χ1n) is 13.6. The largest absolute Gasteiger partial charge is 0.507 e. The molecule has 0 amide bonds. The lowest BCUT2D eigenvalue weighted by atomic mass is 9.78. The van der Waals surface area contributed by atoms with E-state index in [1.807, 2.05) is 0 Å². The molecule has 0 fully saturated rings. The number of esters is 2. The number of phenols is 4. The number of aromatic hydroxyl groups is 4. The van der Waals surface area contributed by atoms with Gasteiger partial charge in [-0.15, -0.1) is 0 Å². The van der Waals surface area contributed by atoms with Crippen LogP contribution in [0.4, 0.5) is 0 Å². The maximum absolute atomic E-state index is 14.3. The molecule has 0 aliphatic rings. The van der Waals surface area contributed by atoms with Crippen molar-refractivity contribution in [2.75, 3.05) is 0 Å². The van der Waals surface area contributed by atoms with E-state index >= 15 is 0 Å². The third-order valence-corrected chi connectivity index (χ3v) is 8.71. The van der Waals surface area contributed by atoms with Crippen molar-refractivity contribution in [1.82, 2.24) is 0 Å². The average Bonchev–Trinajstić information content (AvgIpc) is 2.91. The third-order valence-electron chi connectivity index (χ3n) is 8.71. The van der Waals surface area contributed by atoms with Crippen molar-refractivity contribution in [3.8, 4) is 34.5 Å². The van der Waals surface area contributed by atoms with Gasteiger partial charge in [0.15, 0.2) is 0 Å². The number of carbonyl (C=O) groups excluding carboxylic acids is 2. The normalized spacial score (nSPS) is 12.4. The zero-order chi connectivity index (χ0) is 31.3. The van der Waals surface area contributed by atoms with Crippen molar-refractivity contribution in [2.45, 2.75) is 27.7 Å². The van der Waals surface area contributed by atoms with E-state index in [1.54, 1.807) is 13.8 Å². The molecule has 4 N–H and O–H groups in total. The summed E-state index contributed by atoms with van der Waals surface area (Å²) in [5, 5.41) is 47.2. The topological polar surface area (TPSA) is 168 Å². The predicted octanol–water partition coefficient (Wildman–Crippen LogP) is 5.52. The molecule has 0 saturated heterocycles. The van der Waals surface area contributed by atoms with E-state index in [0.29, 0.717) is 43.4 Å². The smallest absolute Gasteiger partial charge is 0.308 e. The summed E-state index contributed by atoms with van der Waals surface area (Å²) in [6.07, 6.45) is 0. The van der Waals surface area contributed by atoms with Gasteiger partial charge in [-0.1, -0.05) is 0 Å². The van der Waals surface area contributed by atoms with Crippen molar-refractivity contribution in [3.05, 3.63) is 55.8 Å². The zero-order valence-corrected chi connectivity index (χ0v) is 23.5. The highest BCUT2D eigenvalue weighted by molar-refractivity contribution is 6.51. The molecule has 0 spiro atoms. The summed E-state index contributed by atoms with van der Waals surface area (Å²) in [5.74, 6) is -3.62. The lowest BCUT2D eigenvalue weighted by Crippen LogP contribution is -2.12. The highest BCUT2D eigenvalue weighted by Gasteiger charge is 2.33. The molecule has 10 nitrogen and oxygen atoms in total. The monoisotopic (exact) mass is 588 g/mol. The van der Waals surface area contributed by atoms with Crippen molar-refractivity contribution in [3.63, 3.8) is 0 Å². The Morgan fingerprint density at radius 2 is 0.727 bits per heavy atom. The molecule has 0 aromatic heterocycles. The number of hydrogen-bond acceptors (Lipinski definition) is 10. The summed E-state index contributed by atoms with van der Waals surface area (Å²) < 4.78 is 11.1. The third kappa shape index (κ3) is 2.80. The second kappa shape index (κ2) is 7.93. The van der Waals surface area contributed by atoms with E-state index in [-0.39, 0.29) is 66.1 Å². The Kier molecular flexibility index (Phi) is 4.64. The van der Waals surface area contributed by atoms with Crippen LogP contribution in [0.1, 0.15) is 25.0 Å². The number of ether oxygens (including phenoxy) is 2. The summed E-state index contributed by atoms with van der Waals surface area (Å²) in [7, 11) is 0. The summed E-state index contributed by atoms with van der Waals surface area (Å²) in [6, 6.07) is 5.03. The van der Waals surface area contributed by atoms with E-state index in [4.69, 9.17) is 9.47 Å². The van der Waals surface area contributed by atoms with Gasteiger partial charge in [-0.3, -0.25) is 19.2 Å². The summed E-state index contributed by atoms with van der Waals surface area (Å²) >= 11 is 0. The lowest BCUT2D eigenvalue weighted by Gasteiger charge is -2.25. The Hall–Kier alpha value is -5.90. The van der Waals surface area contributed by atoms with Gasteiger partial charge in [0.25, 0.3) is 0 Å². The van der Waals surface area contributed by atoms with Crippen LogP contribution < -0.4 is 20.3 Å². The molecule has 0 radical (unpaired) electrons. The first-order valence-corrected chi connectivity index (χ1v) is 13.6. The molecule has 0 bridgehead atoms. The fourth-order valence-corrected chi connectivity index (χ4v) is 7.42. The molecule has 0 saturated carbocycles. The fraction of sp³-hybridized carbons (Fsp3) is 0.118. The van der Waals surface area contributed by atoms with E-state index < -0.39 is 34.3 Å². The van der Waals surface area contributed by atoms with Gasteiger partial charge in [0.1, 0.15) is 34.5 Å². The number of hydrogen-bond donors (Lipinski definition) is 4. The number of fused-ring (bicyclic) bond motifs is 2. The molecule has 44 heavy (non-hydrogen) atoms. The molecule has 8 rings (SSSR count). The van der Waals surface area contributed by atoms with Crippen molar-refractivity contribution < 1.29 is 39.5 Å². The minimum absolute atomic E-state index is 0.0711. The number of benzene rings is 8. The van der Waals surface area contributed by atoms with Crippen LogP contribution in [0.15, 0.2) is 33.9 Å². The van der Waals surface area contributed by atoms with Crippen LogP contribution in [-0.2, 0) is 9.59 Å². The van der Waals surface area contributed by atoms with E-state index in [2.05, 4.69) is 0 Å². The molecule has 0 aliphatic heterocycles. The first-order chi connectivity index (χ1) is 20.8. The quantitative estimate of drug-likeness (QED) is 0.0873. The summed E-state index contributed by atoms with van der Waals surface area (Å²) in [4.78, 5) is 53.1. The van der Waals surface area contributed by atoms with Crippen LogP contribution >= 0.6 is 0 Å². The standard InChI is InChI=1S/C34H20O10/c1-9-5-13(37)21-27-19(9)20-10(2)6-14(38)22-28(20)32-30-24(34(22)42)16(40)8-18(44-12(4)36)26(30)25-17(43-11(3)35)7-15(39)23(33(21)41)29(25)31(27)32/h5-8,37-40H,1-4H3. The number of rotatable bonds is 2. The van der Waals surface area contributed by atoms with Gasteiger partial charge in [0.2, 0.25) is 10.9 Å². The molecule has 8 aromatic carbocycles. The second-order valence-electron chi connectivity index (χ2n) is 11.3. The highest BCUT2D eigenvalue weighted by Crippen LogP contribution is 2.57. The Labute approximate surface area is 244 Å². The average molecular weight is 589 g/mol. The van der Waals surface area contributed by atoms with Crippen LogP contribution in [0.25, 0.3) is 75.4 Å². The molecule has 0 atom stereocenters. The molecule has 10 heteroatoms. The van der Waals surface area contributed by atoms with Gasteiger partial charge in [-0.05, 0) is 47.9 Å². The Balaban J connectivity index is 1.95. The van der Waals surface area contributed by atoms with Crippen molar-refractivity contribution >= 4 is 87.3 Å². The minimum atomic E-state index is -0.758. The molecular formula is C34H20O10. The highest BCUT2D eigenvalue weighted by atomic mass is 16.5. The van der Waals surface area contributed by atoms with Crippen molar-refractivity contribution in [2.24, 2.45) is 0 Å². The van der Waals surface area contributed by atoms with Crippen LogP contribution in [0.5, 0.6) is 34.5 Å². The predicted molar refractivity (Wildman–Crippen MR) is 165 cm³/mol. The van der Waals surface area contributed by atoms with Gasteiger partial charge >= 0.3 is 11.9 Å². The molecule has 216 valence electrons. The van der Waals surface area contributed by atoms with Crippen LogP contribution in [0, 0.1) is 13.8 Å².